The molecule has 4 aromatic carbocycles. The van der Waals surface area contributed by atoms with Crippen molar-refractivity contribution in [3.05, 3.63) is 84.9 Å². The molecule has 0 aliphatic carbocycles. The molecule has 15 heteroatoms. The second-order valence-corrected chi connectivity index (χ2v) is 12.0. The number of benzene rings is 4. The van der Waals surface area contributed by atoms with E-state index in [0.717, 1.165) is 11.8 Å². The van der Waals surface area contributed by atoms with Crippen LogP contribution in [-0.2, 0) is 20.2 Å². The first-order valence-electron chi connectivity index (χ1n) is 11.0. The van der Waals surface area contributed by atoms with Gasteiger partial charge in [0, 0.05) is 9.79 Å². The number of hydrogen-bond acceptors (Lipinski definition) is 13. The highest BCUT2D eigenvalue weighted by atomic mass is 32.2. The maximum atomic E-state index is 12.9. The molecule has 0 fully saturated rings. The quantitative estimate of drug-likeness (QED) is 0.231. The van der Waals surface area contributed by atoms with Gasteiger partial charge in [0.2, 0.25) is 0 Å². The Morgan fingerprint density at radius 1 is 0.513 bits per heavy atom. The highest BCUT2D eigenvalue weighted by Crippen LogP contribution is 2.39. The standard InChI is InChI=1S/C24H14N4O8S3/c29-38(30,33-15-7-3-1-4-8-15)19-13-11-17(21-23(19)27-35-25-21)37-18-12-14-20(24-22(18)26-36-28-24)39(31,32)34-16-9-5-2-6-10-16/h1-14H. The van der Waals surface area contributed by atoms with Gasteiger partial charge >= 0.3 is 20.2 Å². The Morgan fingerprint density at radius 2 is 0.897 bits per heavy atom. The molecule has 0 aliphatic heterocycles. The first-order valence-corrected chi connectivity index (χ1v) is 14.6. The lowest BCUT2D eigenvalue weighted by Gasteiger charge is -2.09. The van der Waals surface area contributed by atoms with Gasteiger partial charge < -0.3 is 8.37 Å². The Hall–Kier alpha value is -4.47. The third-order valence-electron chi connectivity index (χ3n) is 5.34. The van der Waals surface area contributed by atoms with Crippen molar-refractivity contribution in [2.75, 3.05) is 0 Å². The molecule has 196 valence electrons. The fourth-order valence-corrected chi connectivity index (χ4v) is 6.71. The Balaban J connectivity index is 1.35. The van der Waals surface area contributed by atoms with Crippen LogP contribution in [0.4, 0.5) is 0 Å². The van der Waals surface area contributed by atoms with E-state index in [2.05, 4.69) is 20.6 Å². The molecule has 0 amide bonds. The van der Waals surface area contributed by atoms with Gasteiger partial charge in [-0.1, -0.05) is 48.2 Å². The topological polar surface area (TPSA) is 165 Å². The number of nitrogens with zero attached hydrogens (tertiary/aromatic N) is 4. The van der Waals surface area contributed by atoms with Crippen molar-refractivity contribution in [1.29, 1.82) is 0 Å². The third kappa shape index (κ3) is 4.78. The SMILES string of the molecule is O=S(=O)(Oc1ccccc1)c1ccc(Sc2ccc(S(=O)(=O)Oc3ccccc3)c3nonc23)c2nonc12. The van der Waals surface area contributed by atoms with Crippen LogP contribution < -0.4 is 8.37 Å². The predicted octanol–water partition coefficient (Wildman–Crippen LogP) is 4.45. The van der Waals surface area contributed by atoms with Crippen LogP contribution in [0.5, 0.6) is 11.5 Å². The van der Waals surface area contributed by atoms with E-state index >= 15 is 0 Å². The molecule has 0 radical (unpaired) electrons. The summed E-state index contributed by atoms with van der Waals surface area (Å²) >= 11 is 1.11. The Labute approximate surface area is 224 Å². The number of fused-ring (bicyclic) bond motifs is 2. The highest BCUT2D eigenvalue weighted by Gasteiger charge is 2.27. The van der Waals surface area contributed by atoms with Crippen molar-refractivity contribution in [3.8, 4) is 11.5 Å². The minimum atomic E-state index is -4.26. The van der Waals surface area contributed by atoms with Crippen LogP contribution in [0.3, 0.4) is 0 Å². The molecule has 2 heterocycles. The summed E-state index contributed by atoms with van der Waals surface area (Å²) in [5, 5.41) is 15.3. The highest BCUT2D eigenvalue weighted by molar-refractivity contribution is 7.99. The van der Waals surface area contributed by atoms with Crippen LogP contribution in [0.2, 0.25) is 0 Å². The van der Waals surface area contributed by atoms with E-state index in [4.69, 9.17) is 17.6 Å². The molecular weight excluding hydrogens is 568 g/mol. The molecule has 0 unspecified atom stereocenters. The first-order chi connectivity index (χ1) is 18.8. The summed E-state index contributed by atoms with van der Waals surface area (Å²) in [5.41, 5.74) is 0.208. The zero-order valence-electron chi connectivity index (χ0n) is 19.4. The maximum Gasteiger partial charge on any atom is 0.341 e. The Morgan fingerprint density at radius 3 is 1.31 bits per heavy atom. The first kappa shape index (κ1) is 24.8. The Bertz CT molecular complexity index is 1880. The van der Waals surface area contributed by atoms with E-state index in [-0.39, 0.29) is 43.4 Å². The van der Waals surface area contributed by atoms with Gasteiger partial charge in [0.1, 0.15) is 21.3 Å². The van der Waals surface area contributed by atoms with Crippen molar-refractivity contribution < 1.29 is 34.5 Å². The molecular formula is C24H14N4O8S3. The molecule has 12 nitrogen and oxygen atoms in total. The summed E-state index contributed by atoms with van der Waals surface area (Å²) in [7, 11) is -8.53. The van der Waals surface area contributed by atoms with Crippen molar-refractivity contribution in [2.45, 2.75) is 19.6 Å². The molecule has 0 saturated heterocycles. The fraction of sp³-hybridized carbons (Fsp3) is 0. The van der Waals surface area contributed by atoms with Gasteiger partial charge in [-0.25, -0.2) is 9.26 Å². The second-order valence-electron chi connectivity index (χ2n) is 7.85. The normalized spacial score (nSPS) is 12.1. The molecule has 0 N–H and O–H groups in total. The summed E-state index contributed by atoms with van der Waals surface area (Å²) in [6.45, 7) is 0. The van der Waals surface area contributed by atoms with Crippen LogP contribution in [0.25, 0.3) is 22.1 Å². The zero-order valence-corrected chi connectivity index (χ0v) is 21.8. The van der Waals surface area contributed by atoms with Crippen LogP contribution in [0.15, 0.2) is 114 Å². The van der Waals surface area contributed by atoms with E-state index < -0.39 is 20.2 Å². The molecule has 0 saturated carbocycles. The van der Waals surface area contributed by atoms with E-state index in [9.17, 15) is 16.8 Å². The van der Waals surface area contributed by atoms with E-state index in [1.165, 1.54) is 48.5 Å². The van der Waals surface area contributed by atoms with Crippen molar-refractivity contribution >= 4 is 54.1 Å². The van der Waals surface area contributed by atoms with Crippen LogP contribution >= 0.6 is 11.8 Å². The summed E-state index contributed by atoms with van der Waals surface area (Å²) in [6.07, 6.45) is 0. The average Bonchev–Trinajstić information content (AvgIpc) is 3.60. The molecule has 0 bridgehead atoms. The molecule has 6 rings (SSSR count). The van der Waals surface area contributed by atoms with Crippen LogP contribution in [0, 0.1) is 0 Å². The number of hydrogen-bond donors (Lipinski definition) is 0. The maximum absolute atomic E-state index is 12.9. The smallest absolute Gasteiger partial charge is 0.341 e. The average molecular weight is 583 g/mol. The summed E-state index contributed by atoms with van der Waals surface area (Å²) in [6, 6.07) is 21.7. The lowest BCUT2D eigenvalue weighted by atomic mass is 10.3. The van der Waals surface area contributed by atoms with Crippen molar-refractivity contribution in [3.63, 3.8) is 0 Å². The summed E-state index contributed by atoms with van der Waals surface area (Å²) < 4.78 is 71.9. The largest absolute Gasteiger partial charge is 0.379 e. The van der Waals surface area contributed by atoms with Gasteiger partial charge in [-0.05, 0) is 69.2 Å². The molecule has 0 atom stereocenters. The number of rotatable bonds is 8. The van der Waals surface area contributed by atoms with E-state index in [0.29, 0.717) is 9.79 Å². The zero-order chi connectivity index (χ0) is 27.0. The third-order valence-corrected chi connectivity index (χ3v) is 9.00. The van der Waals surface area contributed by atoms with Gasteiger partial charge in [0.15, 0.2) is 22.1 Å². The Kier molecular flexibility index (Phi) is 6.17. The molecule has 0 spiro atoms. The van der Waals surface area contributed by atoms with E-state index in [1.54, 1.807) is 36.4 Å². The molecule has 0 aliphatic rings. The minimum Gasteiger partial charge on any atom is -0.379 e. The monoisotopic (exact) mass is 582 g/mol. The summed E-state index contributed by atoms with van der Waals surface area (Å²) in [4.78, 5) is 0.426. The van der Waals surface area contributed by atoms with Crippen LogP contribution in [-0.4, -0.2) is 37.5 Å². The number of para-hydroxylation sites is 2. The number of aromatic nitrogens is 4. The summed E-state index contributed by atoms with van der Waals surface area (Å²) in [5.74, 6) is 0.264. The second kappa shape index (κ2) is 9.68. The van der Waals surface area contributed by atoms with Crippen LogP contribution in [0.1, 0.15) is 0 Å². The van der Waals surface area contributed by atoms with Gasteiger partial charge in [0.25, 0.3) is 0 Å². The van der Waals surface area contributed by atoms with Crippen molar-refractivity contribution in [1.82, 2.24) is 20.6 Å². The lowest BCUT2D eigenvalue weighted by Crippen LogP contribution is -2.10. The predicted molar refractivity (Wildman–Crippen MR) is 136 cm³/mol. The molecule has 6 aromatic rings. The molecule has 39 heavy (non-hydrogen) atoms. The molecule has 2 aromatic heterocycles. The lowest BCUT2D eigenvalue weighted by molar-refractivity contribution is 0.314. The van der Waals surface area contributed by atoms with Gasteiger partial charge in [0.05, 0.1) is 0 Å². The minimum absolute atomic E-state index is 0.0408. The van der Waals surface area contributed by atoms with Gasteiger partial charge in [-0.2, -0.15) is 16.8 Å². The fourth-order valence-electron chi connectivity index (χ4n) is 3.62. The van der Waals surface area contributed by atoms with Crippen molar-refractivity contribution in [2.24, 2.45) is 0 Å². The van der Waals surface area contributed by atoms with Gasteiger partial charge in [-0.3, -0.25) is 0 Å². The van der Waals surface area contributed by atoms with E-state index in [1.807, 2.05) is 0 Å². The van der Waals surface area contributed by atoms with Gasteiger partial charge in [-0.15, -0.1) is 0 Å².